The molecular formula is C30H39N3O5S. The van der Waals surface area contributed by atoms with E-state index in [1.807, 2.05) is 52.0 Å². The number of aromatic amines is 1. The highest BCUT2D eigenvalue weighted by molar-refractivity contribution is 7.90. The fraction of sp³-hybridized carbons (Fsp3) is 0.400. The number of aromatic hydroxyl groups is 2. The molecule has 0 spiro atoms. The highest BCUT2D eigenvalue weighted by Crippen LogP contribution is 2.38. The first-order valence-corrected chi connectivity index (χ1v) is 14.8. The van der Waals surface area contributed by atoms with Crippen LogP contribution in [-0.4, -0.2) is 34.5 Å². The lowest BCUT2D eigenvalue weighted by atomic mass is 10.00. The number of para-hydroxylation sites is 2. The fourth-order valence-electron chi connectivity index (χ4n) is 4.43. The molecule has 39 heavy (non-hydrogen) atoms. The molecular weight excluding hydrogens is 514 g/mol. The number of hydrogen-bond donors (Lipinski definition) is 4. The Hall–Kier alpha value is -3.59. The molecule has 0 bridgehead atoms. The van der Waals surface area contributed by atoms with Crippen LogP contribution in [0.3, 0.4) is 0 Å². The molecule has 0 unspecified atom stereocenters. The van der Waals surface area contributed by atoms with E-state index in [4.69, 9.17) is 0 Å². The standard InChI is InChI=1S/C30H39N3O5S/c1-5-6-7-13-22-18-26(34)23(17-16-21(4)12-10-11-20(2)3)29(36)30(22)39(37,38)33-28(35)19-27-31-24-14-8-9-15-25(24)32-27/h8-9,11,14-16,18,34,36H,5-7,10,12-13,17,19H2,1-4H3,(H,31,32)(H,33,35)/b21-16+. The number of carbonyl (C=O) groups excluding carboxylic acids is 1. The van der Waals surface area contributed by atoms with Gasteiger partial charge in [0.15, 0.2) is 0 Å². The summed E-state index contributed by atoms with van der Waals surface area (Å²) in [6.07, 6.45) is 8.35. The van der Waals surface area contributed by atoms with Crippen molar-refractivity contribution in [2.45, 2.75) is 84.0 Å². The minimum absolute atomic E-state index is 0.112. The zero-order chi connectivity index (χ0) is 28.6. The maximum absolute atomic E-state index is 13.5. The van der Waals surface area contributed by atoms with E-state index in [9.17, 15) is 23.4 Å². The van der Waals surface area contributed by atoms with E-state index in [0.29, 0.717) is 24.2 Å². The molecule has 0 aliphatic heterocycles. The number of unbranched alkanes of at least 4 members (excludes halogenated alkanes) is 2. The molecule has 9 heteroatoms. The van der Waals surface area contributed by atoms with E-state index >= 15 is 0 Å². The monoisotopic (exact) mass is 553 g/mol. The molecule has 3 aromatic rings. The van der Waals surface area contributed by atoms with Gasteiger partial charge in [-0.25, -0.2) is 18.1 Å². The summed E-state index contributed by atoms with van der Waals surface area (Å²) in [6, 6.07) is 8.66. The third-order valence-electron chi connectivity index (χ3n) is 6.49. The summed E-state index contributed by atoms with van der Waals surface area (Å²) >= 11 is 0. The summed E-state index contributed by atoms with van der Waals surface area (Å²) in [6.45, 7) is 8.06. The SMILES string of the molecule is CCCCCc1cc(O)c(C/C=C(\C)CCC=C(C)C)c(O)c1S(=O)(=O)NC(=O)Cc1nc2ccccc2[nH]1. The molecule has 1 amide bonds. The van der Waals surface area contributed by atoms with E-state index in [0.717, 1.165) is 36.8 Å². The van der Waals surface area contributed by atoms with Crippen LogP contribution in [0, 0.1) is 0 Å². The fourth-order valence-corrected chi connectivity index (χ4v) is 5.78. The molecule has 0 radical (unpaired) electrons. The van der Waals surface area contributed by atoms with Crippen molar-refractivity contribution in [3.63, 3.8) is 0 Å². The normalized spacial score (nSPS) is 12.1. The Morgan fingerprint density at radius 3 is 2.54 bits per heavy atom. The van der Waals surface area contributed by atoms with Gasteiger partial charge in [-0.05, 0) is 76.6 Å². The van der Waals surface area contributed by atoms with Crippen molar-refractivity contribution >= 4 is 27.0 Å². The Kier molecular flexibility index (Phi) is 10.3. The van der Waals surface area contributed by atoms with Crippen LogP contribution < -0.4 is 4.72 Å². The van der Waals surface area contributed by atoms with Crippen LogP contribution in [0.25, 0.3) is 11.0 Å². The molecule has 0 aliphatic carbocycles. The smallest absolute Gasteiger partial charge is 0.268 e. The molecule has 210 valence electrons. The lowest BCUT2D eigenvalue weighted by molar-refractivity contribution is -0.118. The van der Waals surface area contributed by atoms with Crippen molar-refractivity contribution in [3.05, 3.63) is 70.6 Å². The van der Waals surface area contributed by atoms with Crippen molar-refractivity contribution in [3.8, 4) is 11.5 Å². The number of H-pyrrole nitrogens is 1. The first-order chi connectivity index (χ1) is 18.5. The minimum Gasteiger partial charge on any atom is -0.508 e. The minimum atomic E-state index is -4.44. The molecule has 4 N–H and O–H groups in total. The summed E-state index contributed by atoms with van der Waals surface area (Å²) in [4.78, 5) is 19.8. The lowest BCUT2D eigenvalue weighted by Gasteiger charge is -2.17. The molecule has 2 aromatic carbocycles. The largest absolute Gasteiger partial charge is 0.508 e. The highest BCUT2D eigenvalue weighted by atomic mass is 32.2. The summed E-state index contributed by atoms with van der Waals surface area (Å²) in [5, 5.41) is 21.9. The van der Waals surface area contributed by atoms with Crippen LogP contribution in [0.4, 0.5) is 0 Å². The quantitative estimate of drug-likeness (QED) is 0.152. The van der Waals surface area contributed by atoms with Gasteiger partial charge in [0.25, 0.3) is 10.0 Å². The Morgan fingerprint density at radius 1 is 1.10 bits per heavy atom. The maximum Gasteiger partial charge on any atom is 0.268 e. The number of nitrogens with one attached hydrogen (secondary N) is 2. The van der Waals surface area contributed by atoms with Gasteiger partial charge in [-0.2, -0.15) is 0 Å². The van der Waals surface area contributed by atoms with Crippen molar-refractivity contribution in [2.75, 3.05) is 0 Å². The number of allylic oxidation sites excluding steroid dienone is 4. The molecule has 0 fully saturated rings. The van der Waals surface area contributed by atoms with E-state index in [-0.39, 0.29) is 34.6 Å². The van der Waals surface area contributed by atoms with Crippen molar-refractivity contribution in [1.82, 2.24) is 14.7 Å². The number of phenolic OH excluding ortho intramolecular Hbond substituents is 2. The molecule has 1 heterocycles. The van der Waals surface area contributed by atoms with Gasteiger partial charge in [-0.1, -0.05) is 55.2 Å². The van der Waals surface area contributed by atoms with Gasteiger partial charge in [-0.15, -0.1) is 0 Å². The number of phenols is 2. The Bertz CT molecular complexity index is 1450. The number of aromatic nitrogens is 2. The van der Waals surface area contributed by atoms with Gasteiger partial charge in [0.05, 0.1) is 17.5 Å². The predicted octanol–water partition coefficient (Wildman–Crippen LogP) is 5.99. The third kappa shape index (κ3) is 8.20. The van der Waals surface area contributed by atoms with Gasteiger partial charge < -0.3 is 15.2 Å². The number of rotatable bonds is 13. The first-order valence-electron chi connectivity index (χ1n) is 13.4. The van der Waals surface area contributed by atoms with Gasteiger partial charge >= 0.3 is 0 Å². The van der Waals surface area contributed by atoms with E-state index < -0.39 is 21.7 Å². The van der Waals surface area contributed by atoms with E-state index in [2.05, 4.69) is 20.8 Å². The zero-order valence-corrected chi connectivity index (χ0v) is 24.0. The molecule has 0 saturated carbocycles. The van der Waals surface area contributed by atoms with Gasteiger partial charge in [0.1, 0.15) is 22.2 Å². The molecule has 0 saturated heterocycles. The van der Waals surface area contributed by atoms with Crippen molar-refractivity contribution in [2.24, 2.45) is 0 Å². The number of amides is 1. The van der Waals surface area contributed by atoms with Crippen LogP contribution >= 0.6 is 0 Å². The predicted molar refractivity (Wildman–Crippen MR) is 154 cm³/mol. The maximum atomic E-state index is 13.5. The second kappa shape index (κ2) is 13.5. The van der Waals surface area contributed by atoms with Gasteiger partial charge in [0.2, 0.25) is 5.91 Å². The number of benzene rings is 2. The topological polar surface area (TPSA) is 132 Å². The summed E-state index contributed by atoms with van der Waals surface area (Å²) in [7, 11) is -4.44. The van der Waals surface area contributed by atoms with Crippen molar-refractivity contribution < 1.29 is 23.4 Å². The Labute approximate surface area is 230 Å². The number of sulfonamides is 1. The number of nitrogens with zero attached hydrogens (tertiary/aromatic N) is 1. The summed E-state index contributed by atoms with van der Waals surface area (Å²) in [5.74, 6) is -1.15. The zero-order valence-electron chi connectivity index (χ0n) is 23.2. The number of carbonyl (C=O) groups is 1. The number of aryl methyl sites for hydroxylation is 1. The number of hydrogen-bond acceptors (Lipinski definition) is 6. The molecule has 1 aromatic heterocycles. The van der Waals surface area contributed by atoms with Gasteiger partial charge in [0, 0.05) is 5.56 Å². The average molecular weight is 554 g/mol. The second-order valence-electron chi connectivity index (χ2n) is 10.1. The molecule has 3 rings (SSSR count). The van der Waals surface area contributed by atoms with Crippen LogP contribution in [0.1, 0.15) is 76.8 Å². The van der Waals surface area contributed by atoms with Crippen LogP contribution in [0.2, 0.25) is 0 Å². The number of imidazole rings is 1. The average Bonchev–Trinajstić information content (AvgIpc) is 3.25. The molecule has 8 nitrogen and oxygen atoms in total. The van der Waals surface area contributed by atoms with E-state index in [1.54, 1.807) is 6.07 Å². The summed E-state index contributed by atoms with van der Waals surface area (Å²) in [5.41, 5.74) is 4.09. The Balaban J connectivity index is 1.89. The third-order valence-corrected chi connectivity index (χ3v) is 7.98. The lowest BCUT2D eigenvalue weighted by Crippen LogP contribution is -2.33. The molecule has 0 aliphatic rings. The Morgan fingerprint density at radius 2 is 1.85 bits per heavy atom. The van der Waals surface area contributed by atoms with Gasteiger partial charge in [-0.3, -0.25) is 4.79 Å². The van der Waals surface area contributed by atoms with Crippen LogP contribution in [-0.2, 0) is 34.1 Å². The van der Waals surface area contributed by atoms with Crippen molar-refractivity contribution in [1.29, 1.82) is 0 Å². The van der Waals surface area contributed by atoms with E-state index in [1.165, 1.54) is 11.6 Å². The summed E-state index contributed by atoms with van der Waals surface area (Å²) < 4.78 is 29.0. The highest BCUT2D eigenvalue weighted by Gasteiger charge is 2.29. The number of fused-ring (bicyclic) bond motifs is 1. The van der Waals surface area contributed by atoms with Crippen LogP contribution in [0.5, 0.6) is 11.5 Å². The molecule has 0 atom stereocenters. The van der Waals surface area contributed by atoms with Crippen LogP contribution in [0.15, 0.2) is 58.5 Å². The first kappa shape index (κ1) is 30.0. The second-order valence-corrected chi connectivity index (χ2v) is 11.8.